The molecule has 1 fully saturated rings. The number of sulfonamides is 1. The third-order valence-electron chi connectivity index (χ3n) is 2.96. The zero-order valence-electron chi connectivity index (χ0n) is 10.7. The molecular formula is C11H23ClN2O2S. The average Bonchev–Trinajstić information content (AvgIpc) is 3.07. The fourth-order valence-corrected chi connectivity index (χ4v) is 3.49. The fourth-order valence-electron chi connectivity index (χ4n) is 1.86. The Balaban J connectivity index is 2.24. The van der Waals surface area contributed by atoms with E-state index in [2.05, 4.69) is 16.5 Å². The van der Waals surface area contributed by atoms with Crippen molar-refractivity contribution in [2.24, 2.45) is 5.92 Å². The van der Waals surface area contributed by atoms with Crippen LogP contribution in [0.5, 0.6) is 0 Å². The Kier molecular flexibility index (Phi) is 6.20. The topological polar surface area (TPSA) is 49.4 Å². The summed E-state index contributed by atoms with van der Waals surface area (Å²) in [5.41, 5.74) is 0. The highest BCUT2D eigenvalue weighted by molar-refractivity contribution is 7.89. The lowest BCUT2D eigenvalue weighted by molar-refractivity contribution is 0.282. The minimum Gasteiger partial charge on any atom is -0.299 e. The second-order valence-electron chi connectivity index (χ2n) is 4.79. The van der Waals surface area contributed by atoms with Crippen molar-refractivity contribution in [2.75, 3.05) is 31.3 Å². The quantitative estimate of drug-likeness (QED) is 0.648. The summed E-state index contributed by atoms with van der Waals surface area (Å²) in [6, 6.07) is 0.686. The molecular weight excluding hydrogens is 260 g/mol. The minimum absolute atomic E-state index is 0.000114. The molecule has 0 aliphatic heterocycles. The van der Waals surface area contributed by atoms with Crippen molar-refractivity contribution in [3.05, 3.63) is 0 Å². The van der Waals surface area contributed by atoms with Crippen LogP contribution in [0.2, 0.25) is 0 Å². The first-order valence-corrected chi connectivity index (χ1v) is 8.44. The number of alkyl halides is 1. The van der Waals surface area contributed by atoms with Gasteiger partial charge in [-0.2, -0.15) is 0 Å². The second kappa shape index (κ2) is 6.92. The maximum atomic E-state index is 11.7. The molecule has 1 saturated carbocycles. The van der Waals surface area contributed by atoms with Crippen LogP contribution in [-0.4, -0.2) is 50.6 Å². The standard InChI is InChI=1S/C11H23ClN2O2S/c1-3-14(11-4-5-11)7-6-13-17(15,16)9-10(2)8-12/h10-11,13H,3-9H2,1-2H3. The van der Waals surface area contributed by atoms with E-state index in [1.165, 1.54) is 12.8 Å². The van der Waals surface area contributed by atoms with Crippen LogP contribution in [0, 0.1) is 5.92 Å². The zero-order chi connectivity index (χ0) is 12.9. The predicted octanol–water partition coefficient (Wildman–Crippen LogP) is 1.26. The van der Waals surface area contributed by atoms with Crippen LogP contribution in [0.3, 0.4) is 0 Å². The highest BCUT2D eigenvalue weighted by Gasteiger charge is 2.27. The van der Waals surface area contributed by atoms with Crippen LogP contribution < -0.4 is 4.72 Å². The van der Waals surface area contributed by atoms with Gasteiger partial charge in [0.1, 0.15) is 0 Å². The molecule has 0 saturated heterocycles. The van der Waals surface area contributed by atoms with Crippen molar-refractivity contribution in [2.45, 2.75) is 32.7 Å². The minimum atomic E-state index is -3.16. The summed E-state index contributed by atoms with van der Waals surface area (Å²) in [4.78, 5) is 2.33. The van der Waals surface area contributed by atoms with Crippen LogP contribution in [0.25, 0.3) is 0 Å². The van der Waals surface area contributed by atoms with E-state index in [1.807, 2.05) is 6.92 Å². The second-order valence-corrected chi connectivity index (χ2v) is 6.96. The monoisotopic (exact) mass is 282 g/mol. The van der Waals surface area contributed by atoms with Gasteiger partial charge >= 0.3 is 0 Å². The first kappa shape index (κ1) is 15.2. The van der Waals surface area contributed by atoms with Gasteiger partial charge in [0.15, 0.2) is 0 Å². The van der Waals surface area contributed by atoms with Crippen LogP contribution in [0.1, 0.15) is 26.7 Å². The van der Waals surface area contributed by atoms with Crippen molar-refractivity contribution >= 4 is 21.6 Å². The first-order valence-electron chi connectivity index (χ1n) is 6.26. The van der Waals surface area contributed by atoms with Crippen LogP contribution >= 0.6 is 11.6 Å². The summed E-state index contributed by atoms with van der Waals surface area (Å²) in [6.45, 7) is 6.25. The maximum Gasteiger partial charge on any atom is 0.211 e. The van der Waals surface area contributed by atoms with Gasteiger partial charge in [-0.05, 0) is 25.3 Å². The van der Waals surface area contributed by atoms with Gasteiger partial charge in [0.2, 0.25) is 10.0 Å². The van der Waals surface area contributed by atoms with Gasteiger partial charge in [0.25, 0.3) is 0 Å². The molecule has 1 aliphatic rings. The predicted molar refractivity (Wildman–Crippen MR) is 71.9 cm³/mol. The van der Waals surface area contributed by atoms with Crippen LogP contribution in [0.15, 0.2) is 0 Å². The molecule has 0 radical (unpaired) electrons. The molecule has 17 heavy (non-hydrogen) atoms. The van der Waals surface area contributed by atoms with E-state index >= 15 is 0 Å². The Bertz CT molecular complexity index is 317. The SMILES string of the molecule is CCN(CCNS(=O)(=O)CC(C)CCl)C1CC1. The van der Waals surface area contributed by atoms with Gasteiger partial charge in [0.05, 0.1) is 5.75 Å². The smallest absolute Gasteiger partial charge is 0.211 e. The molecule has 0 spiro atoms. The molecule has 0 aromatic heterocycles. The lowest BCUT2D eigenvalue weighted by Crippen LogP contribution is -2.37. The van der Waals surface area contributed by atoms with E-state index < -0.39 is 10.0 Å². The Morgan fingerprint density at radius 2 is 2.12 bits per heavy atom. The van der Waals surface area contributed by atoms with Crippen molar-refractivity contribution in [1.29, 1.82) is 0 Å². The van der Waals surface area contributed by atoms with Gasteiger partial charge < -0.3 is 0 Å². The number of nitrogens with one attached hydrogen (secondary N) is 1. The molecule has 1 unspecified atom stereocenters. The molecule has 0 aromatic rings. The fraction of sp³-hybridized carbons (Fsp3) is 1.00. The number of rotatable bonds is 9. The summed E-state index contributed by atoms with van der Waals surface area (Å²) in [6.07, 6.45) is 2.51. The molecule has 0 aromatic carbocycles. The molecule has 1 atom stereocenters. The van der Waals surface area contributed by atoms with E-state index in [0.717, 1.165) is 13.1 Å². The van der Waals surface area contributed by atoms with E-state index in [-0.39, 0.29) is 11.7 Å². The Morgan fingerprint density at radius 3 is 2.59 bits per heavy atom. The van der Waals surface area contributed by atoms with E-state index in [1.54, 1.807) is 0 Å². The lowest BCUT2D eigenvalue weighted by atomic mass is 10.3. The molecule has 0 amide bonds. The maximum absolute atomic E-state index is 11.7. The van der Waals surface area contributed by atoms with Crippen molar-refractivity contribution < 1.29 is 8.42 Å². The van der Waals surface area contributed by atoms with Gasteiger partial charge in [-0.25, -0.2) is 13.1 Å². The molecule has 6 heteroatoms. The highest BCUT2D eigenvalue weighted by Crippen LogP contribution is 2.25. The zero-order valence-corrected chi connectivity index (χ0v) is 12.2. The van der Waals surface area contributed by atoms with Crippen LogP contribution in [-0.2, 0) is 10.0 Å². The van der Waals surface area contributed by atoms with Crippen molar-refractivity contribution in [3.8, 4) is 0 Å². The van der Waals surface area contributed by atoms with Gasteiger partial charge in [-0.3, -0.25) is 4.90 Å². The summed E-state index contributed by atoms with van der Waals surface area (Å²) in [7, 11) is -3.16. The van der Waals surface area contributed by atoms with E-state index in [9.17, 15) is 8.42 Å². The van der Waals surface area contributed by atoms with Gasteiger partial charge in [-0.15, -0.1) is 11.6 Å². The Morgan fingerprint density at radius 1 is 1.47 bits per heavy atom. The summed E-state index contributed by atoms with van der Waals surface area (Å²) in [5.74, 6) is 0.496. The number of hydrogen-bond donors (Lipinski definition) is 1. The van der Waals surface area contributed by atoms with E-state index in [4.69, 9.17) is 11.6 Å². The third kappa shape index (κ3) is 6.04. The normalized spacial score (nSPS) is 18.6. The number of nitrogens with zero attached hydrogens (tertiary/aromatic N) is 1. The summed E-state index contributed by atoms with van der Waals surface area (Å²) in [5, 5.41) is 0. The van der Waals surface area contributed by atoms with Crippen LogP contribution in [0.4, 0.5) is 0 Å². The molecule has 1 aliphatic carbocycles. The summed E-state index contributed by atoms with van der Waals surface area (Å²) < 4.78 is 26.0. The average molecular weight is 283 g/mol. The number of likely N-dealkylation sites (N-methyl/N-ethyl adjacent to an activating group) is 1. The largest absolute Gasteiger partial charge is 0.299 e. The van der Waals surface area contributed by atoms with Crippen molar-refractivity contribution in [3.63, 3.8) is 0 Å². The Hall–Kier alpha value is 0.160. The molecule has 0 heterocycles. The van der Waals surface area contributed by atoms with Crippen molar-refractivity contribution in [1.82, 2.24) is 9.62 Å². The molecule has 102 valence electrons. The van der Waals surface area contributed by atoms with Gasteiger partial charge in [0, 0.05) is 25.0 Å². The lowest BCUT2D eigenvalue weighted by Gasteiger charge is -2.20. The molecule has 0 bridgehead atoms. The highest BCUT2D eigenvalue weighted by atomic mass is 35.5. The first-order chi connectivity index (χ1) is 7.98. The third-order valence-corrected chi connectivity index (χ3v) is 5.14. The molecule has 4 nitrogen and oxygen atoms in total. The summed E-state index contributed by atoms with van der Waals surface area (Å²) >= 11 is 5.61. The van der Waals surface area contributed by atoms with Gasteiger partial charge in [-0.1, -0.05) is 13.8 Å². The number of halogens is 1. The Labute approximate surface area is 110 Å². The number of hydrogen-bond acceptors (Lipinski definition) is 3. The molecule has 1 rings (SSSR count). The molecule has 1 N–H and O–H groups in total. The van der Waals surface area contributed by atoms with E-state index in [0.29, 0.717) is 18.5 Å².